The summed E-state index contributed by atoms with van der Waals surface area (Å²) < 4.78 is 66.7. The van der Waals surface area contributed by atoms with Gasteiger partial charge in [-0.15, -0.1) is 0 Å². The van der Waals surface area contributed by atoms with Crippen LogP contribution < -0.4 is 10.0 Å². The number of hydrogen-bond acceptors (Lipinski definition) is 3. The molecule has 176 valence electrons. The normalized spacial score (nSPS) is 28.5. The summed E-state index contributed by atoms with van der Waals surface area (Å²) in [4.78, 5) is 13.1. The number of amides is 1. The smallest absolute Gasteiger partial charge is 0.326 e. The van der Waals surface area contributed by atoms with E-state index in [-0.39, 0.29) is 21.9 Å². The molecule has 33 heavy (non-hydrogen) atoms. The number of rotatable bonds is 5. The minimum atomic E-state index is -4.58. The first kappa shape index (κ1) is 22.3. The van der Waals surface area contributed by atoms with Crippen molar-refractivity contribution in [3.05, 3.63) is 54.1 Å². The molecule has 9 heteroatoms. The molecule has 5 nitrogen and oxygen atoms in total. The molecule has 2 aromatic rings. The van der Waals surface area contributed by atoms with Crippen molar-refractivity contribution < 1.29 is 26.4 Å². The highest BCUT2D eigenvalue weighted by Gasteiger charge is 2.54. The Hall–Kier alpha value is -2.55. The third-order valence-corrected chi connectivity index (χ3v) is 8.74. The van der Waals surface area contributed by atoms with E-state index < -0.39 is 21.8 Å². The molecule has 0 unspecified atom stereocenters. The maximum absolute atomic E-state index is 13.3. The SMILES string of the molecule is O=C(Nc1cccc(S(=O)(=O)Nc2cccc(C(F)(F)F)c2)c1)C12CC3CC(CC(C3)C1)C2. The Morgan fingerprint density at radius 3 is 2.06 bits per heavy atom. The fourth-order valence-electron chi connectivity index (χ4n) is 6.37. The van der Waals surface area contributed by atoms with Gasteiger partial charge in [0.15, 0.2) is 0 Å². The molecule has 0 aliphatic heterocycles. The van der Waals surface area contributed by atoms with Crippen molar-refractivity contribution in [1.82, 2.24) is 0 Å². The standard InChI is InChI=1S/C24H25F3N2O3S/c25-24(26,27)18-3-1-5-20(10-18)29-33(31,32)21-6-2-4-19(11-21)28-22(30)23-12-15-7-16(13-23)9-17(8-15)14-23/h1-6,10-11,15-17,29H,7-9,12-14H2,(H,28,30). The lowest BCUT2D eigenvalue weighted by atomic mass is 9.49. The number of hydrogen-bond donors (Lipinski definition) is 2. The second-order valence-electron chi connectivity index (χ2n) is 9.86. The van der Waals surface area contributed by atoms with Crippen LogP contribution in [0.2, 0.25) is 0 Å². The number of alkyl halides is 3. The van der Waals surface area contributed by atoms with Crippen molar-refractivity contribution in [2.24, 2.45) is 23.2 Å². The van der Waals surface area contributed by atoms with Gasteiger partial charge in [-0.1, -0.05) is 12.1 Å². The number of anilines is 2. The average molecular weight is 479 g/mol. The Balaban J connectivity index is 1.33. The van der Waals surface area contributed by atoms with Crippen molar-refractivity contribution in [2.75, 3.05) is 10.0 Å². The first-order chi connectivity index (χ1) is 15.5. The minimum absolute atomic E-state index is 0.0537. The molecule has 0 atom stereocenters. The van der Waals surface area contributed by atoms with Gasteiger partial charge in [0.05, 0.1) is 15.9 Å². The van der Waals surface area contributed by atoms with Crippen LogP contribution in [0.25, 0.3) is 0 Å². The monoisotopic (exact) mass is 478 g/mol. The van der Waals surface area contributed by atoms with Crippen molar-refractivity contribution in [3.8, 4) is 0 Å². The van der Waals surface area contributed by atoms with Crippen LogP contribution >= 0.6 is 0 Å². The maximum Gasteiger partial charge on any atom is 0.416 e. The van der Waals surface area contributed by atoms with Crippen LogP contribution in [0.1, 0.15) is 44.1 Å². The quantitative estimate of drug-likeness (QED) is 0.582. The molecule has 0 radical (unpaired) electrons. The number of carbonyl (C=O) groups excluding carboxylic acids is 1. The second kappa shape index (κ2) is 7.75. The van der Waals surface area contributed by atoms with Gasteiger partial charge in [-0.3, -0.25) is 9.52 Å². The molecule has 1 amide bonds. The molecule has 2 N–H and O–H groups in total. The van der Waals surface area contributed by atoms with E-state index in [9.17, 15) is 26.4 Å². The van der Waals surface area contributed by atoms with E-state index in [1.165, 1.54) is 43.5 Å². The second-order valence-corrected chi connectivity index (χ2v) is 11.5. The van der Waals surface area contributed by atoms with Crippen molar-refractivity contribution in [3.63, 3.8) is 0 Å². The first-order valence-electron chi connectivity index (χ1n) is 11.1. The van der Waals surface area contributed by atoms with Gasteiger partial charge in [0.1, 0.15) is 0 Å². The van der Waals surface area contributed by atoms with Gasteiger partial charge in [-0.05, 0) is 92.7 Å². The van der Waals surface area contributed by atoms with Crippen molar-refractivity contribution >= 4 is 27.3 Å². The Morgan fingerprint density at radius 2 is 1.45 bits per heavy atom. The Kier molecular flexibility index (Phi) is 5.23. The number of carbonyl (C=O) groups is 1. The lowest BCUT2D eigenvalue weighted by Crippen LogP contribution is -2.51. The molecule has 4 aliphatic carbocycles. The van der Waals surface area contributed by atoms with E-state index in [4.69, 9.17) is 0 Å². The molecule has 4 bridgehead atoms. The highest BCUT2D eigenvalue weighted by Crippen LogP contribution is 2.60. The summed E-state index contributed by atoms with van der Waals surface area (Å²) in [5.74, 6) is 1.75. The Labute approximate surface area is 190 Å². The zero-order valence-corrected chi connectivity index (χ0v) is 18.7. The Morgan fingerprint density at radius 1 is 0.879 bits per heavy atom. The lowest BCUT2D eigenvalue weighted by molar-refractivity contribution is -0.140. The molecule has 0 heterocycles. The highest BCUT2D eigenvalue weighted by atomic mass is 32.2. The summed E-state index contributed by atoms with van der Waals surface area (Å²) in [7, 11) is -4.15. The van der Waals surface area contributed by atoms with E-state index in [0.717, 1.165) is 37.5 Å². The highest BCUT2D eigenvalue weighted by molar-refractivity contribution is 7.92. The van der Waals surface area contributed by atoms with Gasteiger partial charge < -0.3 is 5.32 Å². The summed E-state index contributed by atoms with van der Waals surface area (Å²) in [6.45, 7) is 0. The molecular formula is C24H25F3N2O3S. The molecular weight excluding hydrogens is 453 g/mol. The number of sulfonamides is 1. The van der Waals surface area contributed by atoms with Gasteiger partial charge >= 0.3 is 6.18 Å². The van der Waals surface area contributed by atoms with Gasteiger partial charge in [0.25, 0.3) is 10.0 Å². The number of nitrogens with one attached hydrogen (secondary N) is 2. The molecule has 4 saturated carbocycles. The van der Waals surface area contributed by atoms with E-state index >= 15 is 0 Å². The van der Waals surface area contributed by atoms with Gasteiger partial charge in [0, 0.05) is 11.4 Å². The third kappa shape index (κ3) is 4.35. The van der Waals surface area contributed by atoms with Crippen molar-refractivity contribution in [1.29, 1.82) is 0 Å². The summed E-state index contributed by atoms with van der Waals surface area (Å²) in [5.41, 5.74) is -1.14. The summed E-state index contributed by atoms with van der Waals surface area (Å²) in [6, 6.07) is 9.84. The molecule has 6 rings (SSSR count). The van der Waals surface area contributed by atoms with Crippen LogP contribution in [0.5, 0.6) is 0 Å². The van der Waals surface area contributed by atoms with Gasteiger partial charge in [-0.25, -0.2) is 8.42 Å². The summed E-state index contributed by atoms with van der Waals surface area (Å²) in [5, 5.41) is 2.92. The largest absolute Gasteiger partial charge is 0.416 e. The van der Waals surface area contributed by atoms with E-state index in [0.29, 0.717) is 23.4 Å². The van der Waals surface area contributed by atoms with E-state index in [2.05, 4.69) is 10.0 Å². The maximum atomic E-state index is 13.3. The number of halogens is 3. The summed E-state index contributed by atoms with van der Waals surface area (Å²) >= 11 is 0. The molecule has 2 aromatic carbocycles. The number of benzene rings is 2. The molecule has 0 saturated heterocycles. The summed E-state index contributed by atoms with van der Waals surface area (Å²) in [6.07, 6.45) is 1.72. The van der Waals surface area contributed by atoms with Crippen LogP contribution in [0, 0.1) is 23.2 Å². The minimum Gasteiger partial charge on any atom is -0.326 e. The first-order valence-corrected chi connectivity index (χ1v) is 12.6. The van der Waals surface area contributed by atoms with Crippen LogP contribution in [0.4, 0.5) is 24.5 Å². The average Bonchev–Trinajstić information content (AvgIpc) is 2.72. The van der Waals surface area contributed by atoms with Crippen LogP contribution in [-0.4, -0.2) is 14.3 Å². The zero-order chi connectivity index (χ0) is 23.4. The zero-order valence-electron chi connectivity index (χ0n) is 17.9. The molecule has 4 aliphatic rings. The molecule has 0 aromatic heterocycles. The lowest BCUT2D eigenvalue weighted by Gasteiger charge is -2.55. The Bertz CT molecular complexity index is 1160. The third-order valence-electron chi connectivity index (χ3n) is 7.36. The molecule has 4 fully saturated rings. The fourth-order valence-corrected chi connectivity index (χ4v) is 7.46. The van der Waals surface area contributed by atoms with Crippen LogP contribution in [0.15, 0.2) is 53.4 Å². The predicted molar refractivity (Wildman–Crippen MR) is 118 cm³/mol. The van der Waals surface area contributed by atoms with Crippen LogP contribution in [0.3, 0.4) is 0 Å². The topological polar surface area (TPSA) is 75.3 Å². The van der Waals surface area contributed by atoms with Crippen LogP contribution in [-0.2, 0) is 21.0 Å². The van der Waals surface area contributed by atoms with Gasteiger partial charge in [-0.2, -0.15) is 13.2 Å². The van der Waals surface area contributed by atoms with E-state index in [1.54, 1.807) is 6.07 Å². The fraction of sp³-hybridized carbons (Fsp3) is 0.458. The van der Waals surface area contributed by atoms with Gasteiger partial charge in [0.2, 0.25) is 5.91 Å². The van der Waals surface area contributed by atoms with Crippen molar-refractivity contribution in [2.45, 2.75) is 49.6 Å². The predicted octanol–water partition coefficient (Wildman–Crippen LogP) is 5.66. The molecule has 0 spiro atoms. The van der Waals surface area contributed by atoms with E-state index in [1.807, 2.05) is 0 Å².